The highest BCUT2D eigenvalue weighted by Gasteiger charge is 2.29. The van der Waals surface area contributed by atoms with E-state index in [9.17, 15) is 4.79 Å². The lowest BCUT2D eigenvalue weighted by molar-refractivity contribution is 0.243. The Balaban J connectivity index is 1.62. The van der Waals surface area contributed by atoms with E-state index in [4.69, 9.17) is 0 Å². The number of fused-ring (bicyclic) bond motifs is 1. The Morgan fingerprint density at radius 3 is 2.91 bits per heavy atom. The van der Waals surface area contributed by atoms with E-state index in [0.29, 0.717) is 6.04 Å². The number of pyridine rings is 1. The molecule has 0 amide bonds. The van der Waals surface area contributed by atoms with E-state index in [1.807, 2.05) is 25.3 Å². The van der Waals surface area contributed by atoms with Crippen LogP contribution in [0, 0.1) is 6.92 Å². The molecule has 1 fully saturated rings. The Morgan fingerprint density at radius 1 is 1.30 bits per heavy atom. The monoisotopic (exact) mass is 325 g/mol. The molecule has 1 aliphatic carbocycles. The molecule has 5 heteroatoms. The van der Waals surface area contributed by atoms with Crippen LogP contribution < -0.4 is 5.56 Å². The molecular formula is C18H19N3OS. The van der Waals surface area contributed by atoms with E-state index in [1.165, 1.54) is 18.4 Å². The van der Waals surface area contributed by atoms with Crippen molar-refractivity contribution in [2.75, 3.05) is 0 Å². The summed E-state index contributed by atoms with van der Waals surface area (Å²) in [6.45, 7) is 3.65. The number of rotatable bonds is 5. The molecule has 0 saturated heterocycles. The van der Waals surface area contributed by atoms with Gasteiger partial charge in [-0.25, -0.2) is 4.98 Å². The Morgan fingerprint density at radius 2 is 2.17 bits per heavy atom. The highest BCUT2D eigenvalue weighted by molar-refractivity contribution is 7.07. The van der Waals surface area contributed by atoms with Crippen LogP contribution in [0.3, 0.4) is 0 Å². The average molecular weight is 325 g/mol. The first kappa shape index (κ1) is 14.6. The van der Waals surface area contributed by atoms with Gasteiger partial charge in [-0.15, -0.1) is 0 Å². The SMILES string of the molecule is Cc1ccc2nc(CN(Cc3ccsc3)C3CC3)cc(=O)n2c1. The van der Waals surface area contributed by atoms with Gasteiger partial charge in [0, 0.05) is 31.4 Å². The summed E-state index contributed by atoms with van der Waals surface area (Å²) in [5.41, 5.74) is 3.99. The van der Waals surface area contributed by atoms with Gasteiger partial charge in [0.1, 0.15) is 5.65 Å². The Bertz CT molecular complexity index is 881. The molecule has 0 bridgehead atoms. The highest BCUT2D eigenvalue weighted by atomic mass is 32.1. The minimum atomic E-state index is -0.0000183. The third kappa shape index (κ3) is 3.21. The van der Waals surface area contributed by atoms with Gasteiger partial charge < -0.3 is 0 Å². The molecular weight excluding hydrogens is 306 g/mol. The van der Waals surface area contributed by atoms with Crippen molar-refractivity contribution in [1.29, 1.82) is 0 Å². The van der Waals surface area contributed by atoms with Crippen LogP contribution in [-0.2, 0) is 13.1 Å². The standard InChI is InChI=1S/C18H19N3OS/c1-13-2-5-17-19-15(8-18(22)21(17)9-13)11-20(16-3-4-16)10-14-6-7-23-12-14/h2,5-9,12,16H,3-4,10-11H2,1H3. The number of hydrogen-bond acceptors (Lipinski definition) is 4. The van der Waals surface area contributed by atoms with E-state index < -0.39 is 0 Å². The lowest BCUT2D eigenvalue weighted by Crippen LogP contribution is -2.27. The molecule has 0 radical (unpaired) electrons. The van der Waals surface area contributed by atoms with Crippen LogP contribution >= 0.6 is 11.3 Å². The van der Waals surface area contributed by atoms with Gasteiger partial charge in [-0.1, -0.05) is 6.07 Å². The van der Waals surface area contributed by atoms with E-state index in [-0.39, 0.29) is 5.56 Å². The molecule has 0 unspecified atom stereocenters. The van der Waals surface area contributed by atoms with Crippen molar-refractivity contribution in [2.45, 2.75) is 38.9 Å². The maximum absolute atomic E-state index is 12.3. The molecule has 1 saturated carbocycles. The van der Waals surface area contributed by atoms with Crippen molar-refractivity contribution in [1.82, 2.24) is 14.3 Å². The number of aryl methyl sites for hydroxylation is 1. The van der Waals surface area contributed by atoms with E-state index in [1.54, 1.807) is 21.8 Å². The number of nitrogens with zero attached hydrogens (tertiary/aromatic N) is 3. The Hall–Kier alpha value is -1.98. The van der Waals surface area contributed by atoms with Gasteiger partial charge in [0.15, 0.2) is 0 Å². The van der Waals surface area contributed by atoms with E-state index in [0.717, 1.165) is 30.0 Å². The van der Waals surface area contributed by atoms with Crippen LogP contribution in [-0.4, -0.2) is 20.3 Å². The smallest absolute Gasteiger partial charge is 0.258 e. The largest absolute Gasteiger partial charge is 0.290 e. The molecule has 3 aromatic rings. The van der Waals surface area contributed by atoms with Crippen molar-refractivity contribution in [2.24, 2.45) is 0 Å². The van der Waals surface area contributed by atoms with Crippen molar-refractivity contribution in [3.05, 3.63) is 68.4 Å². The van der Waals surface area contributed by atoms with Gasteiger partial charge in [-0.3, -0.25) is 14.1 Å². The van der Waals surface area contributed by atoms with Crippen LogP contribution in [0.2, 0.25) is 0 Å². The second kappa shape index (κ2) is 5.91. The second-order valence-corrected chi connectivity index (χ2v) is 7.07. The lowest BCUT2D eigenvalue weighted by atomic mass is 10.2. The molecule has 0 spiro atoms. The summed E-state index contributed by atoms with van der Waals surface area (Å²) in [5.74, 6) is 0. The normalized spacial score (nSPS) is 14.7. The van der Waals surface area contributed by atoms with Gasteiger partial charge in [0.05, 0.1) is 5.69 Å². The van der Waals surface area contributed by atoms with Gasteiger partial charge in [0.25, 0.3) is 5.56 Å². The highest BCUT2D eigenvalue weighted by Crippen LogP contribution is 2.29. The summed E-state index contributed by atoms with van der Waals surface area (Å²) < 4.78 is 1.62. The molecule has 0 atom stereocenters. The molecule has 4 nitrogen and oxygen atoms in total. The molecule has 0 N–H and O–H groups in total. The van der Waals surface area contributed by atoms with Crippen molar-refractivity contribution in [3.63, 3.8) is 0 Å². The summed E-state index contributed by atoms with van der Waals surface area (Å²) in [4.78, 5) is 19.5. The third-order valence-corrected chi connectivity index (χ3v) is 4.99. The molecule has 23 heavy (non-hydrogen) atoms. The topological polar surface area (TPSA) is 37.6 Å². The van der Waals surface area contributed by atoms with Crippen molar-refractivity contribution >= 4 is 17.0 Å². The summed E-state index contributed by atoms with van der Waals surface area (Å²) in [5, 5.41) is 4.31. The van der Waals surface area contributed by atoms with Gasteiger partial charge in [0.2, 0.25) is 0 Å². The molecule has 0 aromatic carbocycles. The van der Waals surface area contributed by atoms with Crippen LogP contribution in [0.25, 0.3) is 5.65 Å². The van der Waals surface area contributed by atoms with Crippen LogP contribution in [0.5, 0.6) is 0 Å². The zero-order valence-electron chi connectivity index (χ0n) is 13.1. The lowest BCUT2D eigenvalue weighted by Gasteiger charge is -2.21. The summed E-state index contributed by atoms with van der Waals surface area (Å²) in [6.07, 6.45) is 4.34. The number of thiophene rings is 1. The summed E-state index contributed by atoms with van der Waals surface area (Å²) in [7, 11) is 0. The first-order chi connectivity index (χ1) is 11.2. The zero-order chi connectivity index (χ0) is 15.8. The van der Waals surface area contributed by atoms with Gasteiger partial charge in [-0.2, -0.15) is 11.3 Å². The first-order valence-electron chi connectivity index (χ1n) is 7.93. The minimum Gasteiger partial charge on any atom is -0.290 e. The fourth-order valence-corrected chi connectivity index (χ4v) is 3.58. The van der Waals surface area contributed by atoms with E-state index >= 15 is 0 Å². The molecule has 1 aliphatic rings. The minimum absolute atomic E-state index is 0.0000183. The van der Waals surface area contributed by atoms with Crippen molar-refractivity contribution in [3.8, 4) is 0 Å². The number of aromatic nitrogens is 2. The molecule has 3 aromatic heterocycles. The molecule has 3 heterocycles. The average Bonchev–Trinajstić information content (AvgIpc) is 3.25. The van der Waals surface area contributed by atoms with Crippen LogP contribution in [0.1, 0.15) is 29.7 Å². The first-order valence-corrected chi connectivity index (χ1v) is 8.87. The third-order valence-electron chi connectivity index (χ3n) is 4.25. The maximum Gasteiger partial charge on any atom is 0.258 e. The Kier molecular flexibility index (Phi) is 3.75. The Labute approximate surface area is 139 Å². The predicted molar refractivity (Wildman–Crippen MR) is 92.8 cm³/mol. The second-order valence-electron chi connectivity index (χ2n) is 6.29. The van der Waals surface area contributed by atoms with Crippen molar-refractivity contribution < 1.29 is 0 Å². The predicted octanol–water partition coefficient (Wildman–Crippen LogP) is 3.23. The fourth-order valence-electron chi connectivity index (χ4n) is 2.92. The van der Waals surface area contributed by atoms with Gasteiger partial charge >= 0.3 is 0 Å². The molecule has 0 aliphatic heterocycles. The van der Waals surface area contributed by atoms with Crippen LogP contribution in [0.4, 0.5) is 0 Å². The van der Waals surface area contributed by atoms with E-state index in [2.05, 4.69) is 26.7 Å². The van der Waals surface area contributed by atoms with Crippen LogP contribution in [0.15, 0.2) is 46.0 Å². The van der Waals surface area contributed by atoms with Gasteiger partial charge in [-0.05, 0) is 53.8 Å². The maximum atomic E-state index is 12.3. The summed E-state index contributed by atoms with van der Waals surface area (Å²) >= 11 is 1.73. The molecule has 4 rings (SSSR count). The zero-order valence-corrected chi connectivity index (χ0v) is 13.9. The summed E-state index contributed by atoms with van der Waals surface area (Å²) in [6, 6.07) is 8.39. The quantitative estimate of drug-likeness (QED) is 0.723. The number of hydrogen-bond donors (Lipinski definition) is 0. The molecule has 118 valence electrons. The fraction of sp³-hybridized carbons (Fsp3) is 0.333.